The number of aromatic carboxylic acids is 1. The highest BCUT2D eigenvalue weighted by molar-refractivity contribution is 7.91. The Morgan fingerprint density at radius 1 is 1.52 bits per heavy atom. The van der Waals surface area contributed by atoms with Crippen LogP contribution in [-0.2, 0) is 10.0 Å². The zero-order chi connectivity index (χ0) is 15.6. The molecule has 1 unspecified atom stereocenters. The number of piperidine rings is 1. The van der Waals surface area contributed by atoms with Crippen LogP contribution in [0.4, 0.5) is 0 Å². The molecule has 1 atom stereocenters. The largest absolute Gasteiger partial charge is 0.477 e. The average Bonchev–Trinajstić information content (AvgIpc) is 2.82. The monoisotopic (exact) mass is 333 g/mol. The van der Waals surface area contributed by atoms with Gasteiger partial charge < -0.3 is 10.2 Å². The molecule has 2 rings (SSSR count). The van der Waals surface area contributed by atoms with Crippen LogP contribution in [0.5, 0.6) is 0 Å². The van der Waals surface area contributed by atoms with Gasteiger partial charge in [0.15, 0.2) is 0 Å². The number of carboxylic acid groups (broad SMARTS) is 1. The van der Waals surface area contributed by atoms with Crippen LogP contribution < -0.4 is 0 Å². The first-order valence-corrected chi connectivity index (χ1v) is 9.06. The summed E-state index contributed by atoms with van der Waals surface area (Å²) < 4.78 is 26.7. The highest BCUT2D eigenvalue weighted by Gasteiger charge is 2.32. The van der Waals surface area contributed by atoms with Crippen molar-refractivity contribution in [2.45, 2.75) is 30.4 Å². The van der Waals surface area contributed by atoms with Crippen LogP contribution in [0.2, 0.25) is 0 Å². The van der Waals surface area contributed by atoms with Crippen LogP contribution in [0.1, 0.15) is 34.5 Å². The second kappa shape index (κ2) is 6.43. The molecular weight excluding hydrogens is 314 g/mol. The topological polar surface area (TPSA) is 94.9 Å². The van der Waals surface area contributed by atoms with Gasteiger partial charge in [0.25, 0.3) is 10.0 Å². The van der Waals surface area contributed by atoms with Crippen LogP contribution in [0.3, 0.4) is 0 Å². The van der Waals surface area contributed by atoms with E-state index >= 15 is 0 Å². The van der Waals surface area contributed by atoms with E-state index in [-0.39, 0.29) is 21.6 Å². The van der Waals surface area contributed by atoms with Gasteiger partial charge in [0.05, 0.1) is 0 Å². The van der Waals surface area contributed by atoms with Gasteiger partial charge in [-0.05, 0) is 43.7 Å². The van der Waals surface area contributed by atoms with Gasteiger partial charge in [-0.25, -0.2) is 13.2 Å². The lowest BCUT2D eigenvalue weighted by Gasteiger charge is -2.31. The van der Waals surface area contributed by atoms with Crippen LogP contribution >= 0.6 is 11.3 Å². The SMILES string of the molecule is Cc1cc(S(=O)(=O)N2CCCC(CCO)C2)sc1C(=O)O. The number of carbonyl (C=O) groups is 1. The predicted octanol–water partition coefficient (Wildman–Crippen LogP) is 1.54. The van der Waals surface area contributed by atoms with E-state index in [0.717, 1.165) is 24.2 Å². The lowest BCUT2D eigenvalue weighted by atomic mass is 9.97. The van der Waals surface area contributed by atoms with Gasteiger partial charge in [0.1, 0.15) is 9.09 Å². The van der Waals surface area contributed by atoms with Gasteiger partial charge in [0, 0.05) is 19.7 Å². The summed E-state index contributed by atoms with van der Waals surface area (Å²) >= 11 is 0.804. The molecule has 0 amide bonds. The number of aliphatic hydroxyl groups excluding tert-OH is 1. The van der Waals surface area contributed by atoms with E-state index in [9.17, 15) is 13.2 Å². The maximum Gasteiger partial charge on any atom is 0.346 e. The normalized spacial score (nSPS) is 20.6. The van der Waals surface area contributed by atoms with E-state index in [1.54, 1.807) is 6.92 Å². The van der Waals surface area contributed by atoms with Crippen molar-refractivity contribution < 1.29 is 23.4 Å². The fourth-order valence-corrected chi connectivity index (χ4v) is 5.67. The lowest BCUT2D eigenvalue weighted by Crippen LogP contribution is -2.39. The Balaban J connectivity index is 2.25. The molecule has 1 aromatic rings. The van der Waals surface area contributed by atoms with Crippen molar-refractivity contribution in [2.24, 2.45) is 5.92 Å². The predicted molar refractivity (Wildman–Crippen MR) is 79.2 cm³/mol. The molecule has 21 heavy (non-hydrogen) atoms. The number of nitrogens with zero attached hydrogens (tertiary/aromatic N) is 1. The molecule has 1 saturated heterocycles. The van der Waals surface area contributed by atoms with Gasteiger partial charge in [-0.2, -0.15) is 4.31 Å². The molecule has 0 saturated carbocycles. The van der Waals surface area contributed by atoms with Gasteiger partial charge in [-0.3, -0.25) is 0 Å². The van der Waals surface area contributed by atoms with E-state index in [2.05, 4.69) is 0 Å². The zero-order valence-electron chi connectivity index (χ0n) is 11.8. The van der Waals surface area contributed by atoms with Crippen molar-refractivity contribution in [1.82, 2.24) is 4.31 Å². The summed E-state index contributed by atoms with van der Waals surface area (Å²) in [6.45, 7) is 2.50. The summed E-state index contributed by atoms with van der Waals surface area (Å²) in [7, 11) is -3.64. The first-order chi connectivity index (χ1) is 9.86. The Morgan fingerprint density at radius 3 is 2.81 bits per heavy atom. The number of thiophene rings is 1. The standard InChI is InChI=1S/C13H19NO5S2/c1-9-7-11(20-12(9)13(16)17)21(18,19)14-5-2-3-10(8-14)4-6-15/h7,10,15H,2-6,8H2,1H3,(H,16,17). The van der Waals surface area contributed by atoms with E-state index in [0.29, 0.717) is 25.1 Å². The second-order valence-corrected chi connectivity index (χ2v) is 8.48. The molecule has 0 radical (unpaired) electrons. The molecule has 0 bridgehead atoms. The molecule has 2 N–H and O–H groups in total. The number of hydrogen-bond acceptors (Lipinski definition) is 5. The summed E-state index contributed by atoms with van der Waals surface area (Å²) in [5, 5.41) is 18.0. The average molecular weight is 333 g/mol. The fraction of sp³-hybridized carbons (Fsp3) is 0.615. The molecule has 1 fully saturated rings. The van der Waals surface area contributed by atoms with E-state index in [4.69, 9.17) is 10.2 Å². The number of aryl methyl sites for hydroxylation is 1. The third-order valence-corrected chi connectivity index (χ3v) is 7.24. The number of carboxylic acids is 1. The summed E-state index contributed by atoms with van der Waals surface area (Å²) in [5.74, 6) is -0.936. The number of aliphatic hydroxyl groups is 1. The molecule has 118 valence electrons. The van der Waals surface area contributed by atoms with E-state index in [1.165, 1.54) is 10.4 Å². The van der Waals surface area contributed by atoms with E-state index in [1.807, 2.05) is 0 Å². The summed E-state index contributed by atoms with van der Waals surface area (Å²) in [5.41, 5.74) is 0.468. The van der Waals surface area contributed by atoms with Crippen LogP contribution in [0, 0.1) is 12.8 Å². The number of rotatable bonds is 5. The Morgan fingerprint density at radius 2 is 2.24 bits per heavy atom. The smallest absolute Gasteiger partial charge is 0.346 e. The first-order valence-electron chi connectivity index (χ1n) is 6.81. The minimum absolute atomic E-state index is 0.0554. The Hall–Kier alpha value is -0.960. The molecule has 0 spiro atoms. The van der Waals surface area contributed by atoms with Crippen molar-refractivity contribution in [1.29, 1.82) is 0 Å². The van der Waals surface area contributed by atoms with Crippen LogP contribution in [-0.4, -0.2) is 48.6 Å². The molecular formula is C13H19NO5S2. The third kappa shape index (κ3) is 3.45. The molecule has 1 aromatic heterocycles. The van der Waals surface area contributed by atoms with Crippen LogP contribution in [0.25, 0.3) is 0 Å². The molecule has 2 heterocycles. The highest BCUT2D eigenvalue weighted by Crippen LogP contribution is 2.31. The highest BCUT2D eigenvalue weighted by atomic mass is 32.2. The first kappa shape index (κ1) is 16.4. The summed E-state index contributed by atoms with van der Waals surface area (Å²) in [4.78, 5) is 11.1. The second-order valence-electron chi connectivity index (χ2n) is 5.27. The van der Waals surface area contributed by atoms with Crippen molar-refractivity contribution in [3.05, 3.63) is 16.5 Å². The number of hydrogen-bond donors (Lipinski definition) is 2. The van der Waals surface area contributed by atoms with Gasteiger partial charge in [0.2, 0.25) is 0 Å². The molecule has 8 heteroatoms. The summed E-state index contributed by atoms with van der Waals surface area (Å²) in [6, 6.07) is 1.43. The maximum absolute atomic E-state index is 12.6. The van der Waals surface area contributed by atoms with Gasteiger partial charge in [-0.1, -0.05) is 0 Å². The van der Waals surface area contributed by atoms with Crippen molar-refractivity contribution in [3.8, 4) is 0 Å². The Labute approximate surface area is 128 Å². The zero-order valence-corrected chi connectivity index (χ0v) is 13.4. The Kier molecular flexibility index (Phi) is 5.03. The van der Waals surface area contributed by atoms with Crippen molar-refractivity contribution >= 4 is 27.3 Å². The fourth-order valence-electron chi connectivity index (χ4n) is 2.58. The molecule has 6 nitrogen and oxygen atoms in total. The minimum Gasteiger partial charge on any atom is -0.477 e. The van der Waals surface area contributed by atoms with Crippen molar-refractivity contribution in [3.63, 3.8) is 0 Å². The molecule has 1 aliphatic heterocycles. The van der Waals surface area contributed by atoms with Gasteiger partial charge >= 0.3 is 5.97 Å². The summed E-state index contributed by atoms with van der Waals surface area (Å²) in [6.07, 6.45) is 2.27. The maximum atomic E-state index is 12.6. The quantitative estimate of drug-likeness (QED) is 0.852. The van der Waals surface area contributed by atoms with E-state index < -0.39 is 16.0 Å². The number of sulfonamides is 1. The lowest BCUT2D eigenvalue weighted by molar-refractivity contribution is 0.0701. The Bertz CT molecular complexity index is 621. The minimum atomic E-state index is -3.64. The van der Waals surface area contributed by atoms with Gasteiger partial charge in [-0.15, -0.1) is 11.3 Å². The third-order valence-electron chi connectivity index (χ3n) is 3.70. The molecule has 1 aliphatic rings. The van der Waals surface area contributed by atoms with Crippen LogP contribution in [0.15, 0.2) is 10.3 Å². The molecule has 0 aliphatic carbocycles. The molecule has 0 aromatic carbocycles. The van der Waals surface area contributed by atoms with Crippen molar-refractivity contribution in [2.75, 3.05) is 19.7 Å².